The van der Waals surface area contributed by atoms with Crippen LogP contribution in [-0.4, -0.2) is 17.9 Å². The number of anilines is 1. The van der Waals surface area contributed by atoms with Gasteiger partial charge in [-0.2, -0.15) is 0 Å². The minimum Gasteiger partial charge on any atom is -0.654 e. The lowest BCUT2D eigenvalue weighted by molar-refractivity contribution is 0.823. The zero-order valence-corrected chi connectivity index (χ0v) is 16.2. The van der Waals surface area contributed by atoms with Crippen molar-refractivity contribution < 1.29 is 0 Å². The van der Waals surface area contributed by atoms with Crippen molar-refractivity contribution in [3.05, 3.63) is 82.5 Å². The molecule has 2 aliphatic rings. The zero-order chi connectivity index (χ0) is 18.8. The molecule has 0 amide bonds. The Balaban J connectivity index is 1.64. The number of hydrogen-bond donors (Lipinski definition) is 3. The van der Waals surface area contributed by atoms with Crippen LogP contribution in [0.4, 0.5) is 11.4 Å². The largest absolute Gasteiger partial charge is 0.654 e. The number of nitrogens with one attached hydrogen (secondary N) is 2. The van der Waals surface area contributed by atoms with E-state index in [9.17, 15) is 0 Å². The molecule has 2 aromatic carbocycles. The minimum absolute atomic E-state index is 0.237. The predicted octanol–water partition coefficient (Wildman–Crippen LogP) is 4.48. The van der Waals surface area contributed by atoms with Gasteiger partial charge in [-0.05, 0) is 49.8 Å². The van der Waals surface area contributed by atoms with E-state index in [0.29, 0.717) is 0 Å². The number of dihydropyridines is 1. The number of benzene rings is 2. The van der Waals surface area contributed by atoms with Gasteiger partial charge in [0.05, 0.1) is 0 Å². The number of nitrogens with zero attached hydrogens (tertiary/aromatic N) is 2. The molecule has 5 nitrogen and oxygen atoms in total. The summed E-state index contributed by atoms with van der Waals surface area (Å²) in [6.45, 7) is 5.03. The lowest BCUT2D eigenvalue weighted by atomic mass is 10.1. The Morgan fingerprint density at radius 3 is 2.74 bits per heavy atom. The first-order valence-corrected chi connectivity index (χ1v) is 9.75. The van der Waals surface area contributed by atoms with E-state index in [1.807, 2.05) is 42.5 Å². The molecule has 0 saturated carbocycles. The van der Waals surface area contributed by atoms with E-state index in [-0.39, 0.29) is 5.50 Å². The fraction of sp³-hybridized carbons (Fsp3) is 0.190. The van der Waals surface area contributed by atoms with E-state index < -0.39 is 0 Å². The number of nitrogen functional groups attached to an aromatic ring is 1. The van der Waals surface area contributed by atoms with Crippen LogP contribution in [0, 0.1) is 0 Å². The summed E-state index contributed by atoms with van der Waals surface area (Å²) in [5.74, 6) is 0.855. The number of para-hydroxylation sites is 1. The molecule has 0 saturated heterocycles. The van der Waals surface area contributed by atoms with Crippen LogP contribution >= 0.6 is 11.8 Å². The molecule has 0 spiro atoms. The molecule has 2 aromatic rings. The highest BCUT2D eigenvalue weighted by atomic mass is 32.2. The van der Waals surface area contributed by atoms with Crippen LogP contribution in [0.15, 0.2) is 81.5 Å². The van der Waals surface area contributed by atoms with Crippen molar-refractivity contribution in [1.82, 2.24) is 10.6 Å². The van der Waals surface area contributed by atoms with Crippen LogP contribution in [0.25, 0.3) is 5.32 Å². The van der Waals surface area contributed by atoms with Crippen molar-refractivity contribution in [2.75, 3.05) is 12.3 Å². The van der Waals surface area contributed by atoms with Gasteiger partial charge in [-0.3, -0.25) is 4.99 Å². The van der Waals surface area contributed by atoms with Gasteiger partial charge in [-0.1, -0.05) is 24.3 Å². The Kier molecular flexibility index (Phi) is 4.81. The van der Waals surface area contributed by atoms with E-state index in [2.05, 4.69) is 36.6 Å². The Morgan fingerprint density at radius 2 is 1.93 bits per heavy atom. The molecular formula is C21H22N5S-. The first-order valence-electron chi connectivity index (χ1n) is 8.88. The summed E-state index contributed by atoms with van der Waals surface area (Å²) < 4.78 is 0. The van der Waals surface area contributed by atoms with E-state index >= 15 is 0 Å². The number of rotatable bonds is 3. The molecular weight excluding hydrogens is 354 g/mol. The lowest BCUT2D eigenvalue weighted by Gasteiger charge is -2.37. The number of nitrogens with two attached hydrogens (primary N) is 1. The van der Waals surface area contributed by atoms with Crippen molar-refractivity contribution in [2.24, 2.45) is 4.99 Å². The monoisotopic (exact) mass is 376 g/mol. The first-order chi connectivity index (χ1) is 13.1. The maximum Gasteiger partial charge on any atom is 0.131 e. The molecule has 0 aliphatic carbocycles. The average molecular weight is 377 g/mol. The fourth-order valence-electron chi connectivity index (χ4n) is 2.96. The molecule has 4 rings (SSSR count). The smallest absolute Gasteiger partial charge is 0.131 e. The maximum atomic E-state index is 5.79. The number of hydrogen-bond acceptors (Lipinski definition) is 5. The number of thioether (sulfide) groups is 1. The quantitative estimate of drug-likeness (QED) is 0.690. The van der Waals surface area contributed by atoms with Gasteiger partial charge < -0.3 is 21.7 Å². The summed E-state index contributed by atoms with van der Waals surface area (Å²) in [5.41, 5.74) is 11.8. The number of allylic oxidation sites excluding steroid dienone is 2. The van der Waals surface area contributed by atoms with Crippen molar-refractivity contribution in [3.8, 4) is 0 Å². The SMILES string of the molecule is CC1=CC(NC2=NC(Sc3ccc(N)cc3)[N-]c3ccccc32)=C(C)CN1. The first kappa shape index (κ1) is 17.5. The summed E-state index contributed by atoms with van der Waals surface area (Å²) in [6.07, 6.45) is 2.12. The third-order valence-electron chi connectivity index (χ3n) is 4.48. The topological polar surface area (TPSA) is 76.5 Å². The molecule has 27 heavy (non-hydrogen) atoms. The number of aliphatic imine (C=N–C) groups is 1. The fourth-order valence-corrected chi connectivity index (χ4v) is 3.82. The van der Waals surface area contributed by atoms with Crippen LogP contribution in [0.3, 0.4) is 0 Å². The van der Waals surface area contributed by atoms with Gasteiger partial charge >= 0.3 is 0 Å². The normalized spacial score (nSPS) is 18.7. The minimum atomic E-state index is -0.237. The van der Waals surface area contributed by atoms with E-state index in [4.69, 9.17) is 16.0 Å². The average Bonchev–Trinajstić information content (AvgIpc) is 2.66. The van der Waals surface area contributed by atoms with Crippen LogP contribution in [0.5, 0.6) is 0 Å². The van der Waals surface area contributed by atoms with Gasteiger partial charge in [-0.15, -0.1) is 17.4 Å². The molecule has 0 bridgehead atoms. The number of fused-ring (bicyclic) bond motifs is 1. The highest BCUT2D eigenvalue weighted by Gasteiger charge is 2.16. The second kappa shape index (κ2) is 7.40. The van der Waals surface area contributed by atoms with Gasteiger partial charge in [0, 0.05) is 39.6 Å². The molecule has 6 heteroatoms. The standard InChI is InChI=1S/C21H22N5S/c1-13-12-23-14(2)11-19(13)24-20-17-5-3-4-6-18(17)25-21(26-20)27-16-9-7-15(22)8-10-16/h3-11,21,23H,12,22H2,1-2H3,(H,24,26)/q-1. The van der Waals surface area contributed by atoms with E-state index in [1.54, 1.807) is 11.8 Å². The Morgan fingerprint density at radius 1 is 1.15 bits per heavy atom. The molecule has 0 radical (unpaired) electrons. The van der Waals surface area contributed by atoms with Gasteiger partial charge in [0.25, 0.3) is 0 Å². The van der Waals surface area contributed by atoms with E-state index in [0.717, 1.165) is 45.6 Å². The maximum absolute atomic E-state index is 5.79. The molecule has 0 aromatic heterocycles. The van der Waals surface area contributed by atoms with Gasteiger partial charge in [0.2, 0.25) is 0 Å². The molecule has 2 heterocycles. The van der Waals surface area contributed by atoms with Crippen molar-refractivity contribution in [3.63, 3.8) is 0 Å². The van der Waals surface area contributed by atoms with Crippen LogP contribution in [-0.2, 0) is 0 Å². The second-order valence-electron chi connectivity index (χ2n) is 6.64. The Hall–Kier alpha value is -2.86. The second-order valence-corrected chi connectivity index (χ2v) is 7.77. The Labute approximate surface area is 163 Å². The molecule has 138 valence electrons. The van der Waals surface area contributed by atoms with Crippen LogP contribution in [0.2, 0.25) is 0 Å². The van der Waals surface area contributed by atoms with Gasteiger partial charge in [0.15, 0.2) is 0 Å². The van der Waals surface area contributed by atoms with Crippen LogP contribution in [0.1, 0.15) is 19.4 Å². The summed E-state index contributed by atoms with van der Waals surface area (Å²) in [7, 11) is 0. The highest BCUT2D eigenvalue weighted by Crippen LogP contribution is 2.39. The van der Waals surface area contributed by atoms with Gasteiger partial charge in [0.1, 0.15) is 5.84 Å². The van der Waals surface area contributed by atoms with Crippen molar-refractivity contribution in [2.45, 2.75) is 24.2 Å². The predicted molar refractivity (Wildman–Crippen MR) is 114 cm³/mol. The summed E-state index contributed by atoms with van der Waals surface area (Å²) in [5, 5.41) is 11.7. The molecule has 1 unspecified atom stereocenters. The summed E-state index contributed by atoms with van der Waals surface area (Å²) in [6, 6.07) is 15.9. The lowest BCUT2D eigenvalue weighted by Crippen LogP contribution is -2.31. The summed E-state index contributed by atoms with van der Waals surface area (Å²) >= 11 is 1.61. The van der Waals surface area contributed by atoms with E-state index in [1.165, 1.54) is 5.57 Å². The zero-order valence-electron chi connectivity index (χ0n) is 15.4. The molecule has 1 atom stereocenters. The molecule has 2 aliphatic heterocycles. The third kappa shape index (κ3) is 3.95. The molecule has 0 fully saturated rings. The third-order valence-corrected chi connectivity index (χ3v) is 5.44. The van der Waals surface area contributed by atoms with Crippen molar-refractivity contribution >= 4 is 29.0 Å². The van der Waals surface area contributed by atoms with Gasteiger partial charge in [-0.25, -0.2) is 0 Å². The highest BCUT2D eigenvalue weighted by molar-refractivity contribution is 8.00. The van der Waals surface area contributed by atoms with Crippen LogP contribution < -0.4 is 16.4 Å². The Bertz CT molecular complexity index is 943. The van der Waals surface area contributed by atoms with Crippen molar-refractivity contribution in [1.29, 1.82) is 0 Å². The number of amidine groups is 1. The molecule has 4 N–H and O–H groups in total. The summed E-state index contributed by atoms with van der Waals surface area (Å²) in [4.78, 5) is 5.97.